The molecular weight excluding hydrogens is 279 g/mol. The summed E-state index contributed by atoms with van der Waals surface area (Å²) in [4.78, 5) is 0. The van der Waals surface area contributed by atoms with Crippen LogP contribution in [0.5, 0.6) is 0 Å². The van der Waals surface area contributed by atoms with Gasteiger partial charge in [-0.05, 0) is 37.9 Å². The van der Waals surface area contributed by atoms with E-state index in [2.05, 4.69) is 61.6 Å². The Hall–Kier alpha value is -0.258. The minimum atomic E-state index is -1.71. The van der Waals surface area contributed by atoms with Crippen LogP contribution in [0, 0.1) is 5.92 Å². The molecule has 0 bridgehead atoms. The number of rotatable bonds is 5. The number of hydrogen-bond acceptors (Lipinski definition) is 3. The lowest BCUT2D eigenvalue weighted by Gasteiger charge is -2.34. The molecule has 0 unspecified atom stereocenters. The minimum Gasteiger partial charge on any atom is -0.549 e. The summed E-state index contributed by atoms with van der Waals surface area (Å²) in [6.07, 6.45) is 4.77. The van der Waals surface area contributed by atoms with E-state index in [9.17, 15) is 0 Å². The molecule has 0 aliphatic carbocycles. The van der Waals surface area contributed by atoms with Crippen molar-refractivity contribution in [3.8, 4) is 0 Å². The highest BCUT2D eigenvalue weighted by atomic mass is 28.4. The van der Waals surface area contributed by atoms with Gasteiger partial charge in [-0.2, -0.15) is 0 Å². The monoisotopic (exact) mass is 312 g/mol. The summed E-state index contributed by atoms with van der Waals surface area (Å²) in [6.45, 7) is 19.8. The largest absolute Gasteiger partial charge is 0.549 e. The second-order valence-corrected chi connectivity index (χ2v) is 13.2. The van der Waals surface area contributed by atoms with Crippen molar-refractivity contribution in [3.05, 3.63) is 12.3 Å². The zero-order valence-electron chi connectivity index (χ0n) is 15.3. The van der Waals surface area contributed by atoms with Crippen LogP contribution in [-0.2, 0) is 13.7 Å². The summed E-state index contributed by atoms with van der Waals surface area (Å²) in [5.41, 5.74) is -0.215. The Morgan fingerprint density at radius 3 is 2.29 bits per heavy atom. The van der Waals surface area contributed by atoms with Gasteiger partial charge < -0.3 is 13.7 Å². The van der Waals surface area contributed by atoms with E-state index in [0.717, 1.165) is 6.32 Å². The maximum absolute atomic E-state index is 6.03. The van der Waals surface area contributed by atoms with Gasteiger partial charge in [0.15, 0.2) is 0 Å². The van der Waals surface area contributed by atoms with Crippen molar-refractivity contribution in [2.45, 2.75) is 84.6 Å². The van der Waals surface area contributed by atoms with Crippen LogP contribution < -0.4 is 0 Å². The van der Waals surface area contributed by atoms with Crippen LogP contribution in [-0.4, -0.2) is 27.1 Å². The van der Waals surface area contributed by atoms with Crippen molar-refractivity contribution in [2.75, 3.05) is 0 Å². The zero-order valence-corrected chi connectivity index (χ0v) is 16.3. The smallest absolute Gasteiger partial charge is 0.461 e. The van der Waals surface area contributed by atoms with Crippen molar-refractivity contribution < 1.29 is 13.7 Å². The highest BCUT2D eigenvalue weighted by Gasteiger charge is 2.45. The Bertz CT molecular complexity index is 372. The predicted octanol–water partition coefficient (Wildman–Crippen LogP) is 4.86. The van der Waals surface area contributed by atoms with E-state index in [1.165, 1.54) is 0 Å². The molecule has 0 aromatic heterocycles. The van der Waals surface area contributed by atoms with Crippen LogP contribution in [0.4, 0.5) is 0 Å². The molecule has 0 aromatic rings. The van der Waals surface area contributed by atoms with Crippen molar-refractivity contribution in [1.29, 1.82) is 0 Å². The maximum atomic E-state index is 6.03. The van der Waals surface area contributed by atoms with Crippen molar-refractivity contribution in [3.63, 3.8) is 0 Å². The predicted molar refractivity (Wildman–Crippen MR) is 92.9 cm³/mol. The highest BCUT2D eigenvalue weighted by Crippen LogP contribution is 2.37. The fourth-order valence-corrected chi connectivity index (χ4v) is 3.18. The Labute approximate surface area is 132 Å². The fourth-order valence-electron chi connectivity index (χ4n) is 2.39. The summed E-state index contributed by atoms with van der Waals surface area (Å²) in [6, 6.07) is 0. The van der Waals surface area contributed by atoms with Crippen LogP contribution in [0.3, 0.4) is 0 Å². The first-order valence-electron chi connectivity index (χ1n) is 8.03. The van der Waals surface area contributed by atoms with Crippen LogP contribution in [0.2, 0.25) is 24.5 Å². The van der Waals surface area contributed by atoms with Gasteiger partial charge >= 0.3 is 7.12 Å². The summed E-state index contributed by atoms with van der Waals surface area (Å²) in [5, 5.41) is 0.225. The molecule has 0 spiro atoms. The maximum Gasteiger partial charge on any atom is 0.461 e. The SMILES string of the molecule is CC(C)[C@@H]1OB(C/C=C/O[Si](C)(C)C(C)(C)C)OC1(C)C. The third-order valence-electron chi connectivity index (χ3n) is 4.62. The lowest BCUT2D eigenvalue weighted by molar-refractivity contribution is 0.0438. The zero-order chi connectivity index (χ0) is 16.5. The summed E-state index contributed by atoms with van der Waals surface area (Å²) >= 11 is 0. The molecule has 3 nitrogen and oxygen atoms in total. The quantitative estimate of drug-likeness (QED) is 0.536. The molecule has 0 amide bonds. The molecule has 21 heavy (non-hydrogen) atoms. The molecule has 0 saturated carbocycles. The van der Waals surface area contributed by atoms with Crippen molar-refractivity contribution >= 4 is 15.4 Å². The number of hydrogen-bond donors (Lipinski definition) is 0. The second kappa shape index (κ2) is 6.47. The van der Waals surface area contributed by atoms with Gasteiger partial charge in [0, 0.05) is 6.32 Å². The highest BCUT2D eigenvalue weighted by molar-refractivity contribution is 6.74. The molecule has 1 aliphatic heterocycles. The van der Waals surface area contributed by atoms with Gasteiger partial charge in [-0.25, -0.2) is 0 Å². The first-order chi connectivity index (χ1) is 9.37. The first kappa shape index (κ1) is 18.8. The molecule has 1 aliphatic rings. The van der Waals surface area contributed by atoms with Crippen molar-refractivity contribution in [1.82, 2.24) is 0 Å². The first-order valence-corrected chi connectivity index (χ1v) is 10.9. The van der Waals surface area contributed by atoms with E-state index >= 15 is 0 Å². The van der Waals surface area contributed by atoms with Gasteiger partial charge in [-0.15, -0.1) is 0 Å². The van der Waals surface area contributed by atoms with Crippen LogP contribution in [0.15, 0.2) is 12.3 Å². The van der Waals surface area contributed by atoms with Gasteiger partial charge in [-0.3, -0.25) is 0 Å². The molecule has 1 fully saturated rings. The van der Waals surface area contributed by atoms with Crippen LogP contribution >= 0.6 is 0 Å². The van der Waals surface area contributed by atoms with Gasteiger partial charge in [0.05, 0.1) is 18.0 Å². The molecule has 1 rings (SSSR count). The van der Waals surface area contributed by atoms with E-state index in [1.54, 1.807) is 0 Å². The molecular formula is C16H33BO3Si. The number of allylic oxidation sites excluding steroid dienone is 1. The fraction of sp³-hybridized carbons (Fsp3) is 0.875. The molecule has 1 saturated heterocycles. The van der Waals surface area contributed by atoms with E-state index < -0.39 is 8.32 Å². The van der Waals surface area contributed by atoms with E-state index in [4.69, 9.17) is 13.7 Å². The molecule has 0 radical (unpaired) electrons. The standard InChI is InChI=1S/C16H33BO3Si/c1-13(2)14-16(6,7)20-17(19-14)11-10-12-18-21(8,9)15(3,4)5/h10,12-14H,11H2,1-9H3/b12-10+/t14-/m0/s1. The molecule has 1 heterocycles. The average molecular weight is 312 g/mol. The molecule has 0 N–H and O–H groups in total. The van der Waals surface area contributed by atoms with Crippen molar-refractivity contribution in [2.24, 2.45) is 5.92 Å². The third kappa shape index (κ3) is 4.86. The minimum absolute atomic E-state index is 0.150. The lowest BCUT2D eigenvalue weighted by atomic mass is 9.85. The molecule has 122 valence electrons. The lowest BCUT2D eigenvalue weighted by Crippen LogP contribution is -2.39. The Balaban J connectivity index is 2.49. The van der Waals surface area contributed by atoms with Crippen LogP contribution in [0.1, 0.15) is 48.5 Å². The topological polar surface area (TPSA) is 27.7 Å². The summed E-state index contributed by atoms with van der Waals surface area (Å²) in [7, 11) is -1.87. The molecule has 0 aromatic carbocycles. The second-order valence-electron chi connectivity index (χ2n) is 8.44. The summed E-state index contributed by atoms with van der Waals surface area (Å²) in [5.74, 6) is 0.456. The van der Waals surface area contributed by atoms with Gasteiger partial charge in [0.2, 0.25) is 8.32 Å². The van der Waals surface area contributed by atoms with Gasteiger partial charge in [-0.1, -0.05) is 40.7 Å². The normalized spacial score (nSPS) is 23.3. The van der Waals surface area contributed by atoms with E-state index in [0.29, 0.717) is 5.92 Å². The average Bonchev–Trinajstić information content (AvgIpc) is 2.58. The van der Waals surface area contributed by atoms with E-state index in [1.807, 2.05) is 12.3 Å². The van der Waals surface area contributed by atoms with Gasteiger partial charge in [0.1, 0.15) is 0 Å². The van der Waals surface area contributed by atoms with Gasteiger partial charge in [0.25, 0.3) is 0 Å². The Morgan fingerprint density at radius 1 is 1.29 bits per heavy atom. The summed E-state index contributed by atoms with van der Waals surface area (Å²) < 4.78 is 18.1. The Morgan fingerprint density at radius 2 is 1.86 bits per heavy atom. The van der Waals surface area contributed by atoms with E-state index in [-0.39, 0.29) is 23.9 Å². The third-order valence-corrected chi connectivity index (χ3v) is 8.96. The Kier molecular flexibility index (Phi) is 5.79. The molecule has 1 atom stereocenters. The molecule has 5 heteroatoms. The van der Waals surface area contributed by atoms with Crippen LogP contribution in [0.25, 0.3) is 0 Å².